The average Bonchev–Trinajstić information content (AvgIpc) is 2.65. The molecule has 134 valence electrons. The molecule has 0 aliphatic carbocycles. The average molecular weight is 353 g/mol. The molecule has 0 amide bonds. The first-order chi connectivity index (χ1) is 12.5. The van der Waals surface area contributed by atoms with Gasteiger partial charge in [-0.1, -0.05) is 24.3 Å². The number of nitro groups is 1. The maximum absolute atomic E-state index is 11.2. The van der Waals surface area contributed by atoms with E-state index in [4.69, 9.17) is 4.74 Å². The molecule has 1 heterocycles. The lowest BCUT2D eigenvalue weighted by atomic mass is 10.1. The molecule has 0 spiro atoms. The predicted octanol–water partition coefficient (Wildman–Crippen LogP) is 3.61. The largest absolute Gasteiger partial charge is 0.497 e. The van der Waals surface area contributed by atoms with Crippen LogP contribution in [-0.2, 0) is 0 Å². The summed E-state index contributed by atoms with van der Waals surface area (Å²) in [7, 11) is 1.57. The molecule has 2 N–H and O–H groups in total. The second-order valence-electron chi connectivity index (χ2n) is 5.91. The Balaban J connectivity index is 1.89. The Hall–Kier alpha value is -3.19. The number of anilines is 1. The fraction of sp³-hybridized carbons (Fsp3) is 0.211. The Morgan fingerprint density at radius 1 is 1.27 bits per heavy atom. The molecule has 3 aromatic rings. The van der Waals surface area contributed by atoms with Crippen molar-refractivity contribution in [1.82, 2.24) is 4.98 Å². The van der Waals surface area contributed by atoms with E-state index in [1.54, 1.807) is 32.2 Å². The molecule has 2 aromatic carbocycles. The van der Waals surface area contributed by atoms with Gasteiger partial charge < -0.3 is 15.2 Å². The predicted molar refractivity (Wildman–Crippen MR) is 99.6 cm³/mol. The van der Waals surface area contributed by atoms with Crippen LogP contribution in [0.15, 0.2) is 48.5 Å². The lowest BCUT2D eigenvalue weighted by Gasteiger charge is -2.16. The third kappa shape index (κ3) is 3.57. The molecule has 26 heavy (non-hydrogen) atoms. The van der Waals surface area contributed by atoms with Gasteiger partial charge in [0, 0.05) is 29.4 Å². The number of aliphatic hydroxyl groups excluding tert-OH is 1. The smallest absolute Gasteiger partial charge is 0.295 e. The van der Waals surface area contributed by atoms with Crippen LogP contribution in [0.3, 0.4) is 0 Å². The third-order valence-electron chi connectivity index (χ3n) is 4.11. The monoisotopic (exact) mass is 353 g/mol. The van der Waals surface area contributed by atoms with E-state index < -0.39 is 11.0 Å². The van der Waals surface area contributed by atoms with E-state index in [-0.39, 0.29) is 12.2 Å². The van der Waals surface area contributed by atoms with Crippen molar-refractivity contribution in [1.29, 1.82) is 0 Å². The standard InChI is InChI=1S/C19H19N3O4/c1-12-9-16(15-7-4-8-17(22(24)25)19(15)21-12)20-11-18(23)13-5-3-6-14(10-13)26-2/h3-10,18,23H,11H2,1-2H3,(H,20,21). The van der Waals surface area contributed by atoms with Crippen molar-refractivity contribution in [3.63, 3.8) is 0 Å². The highest BCUT2D eigenvalue weighted by molar-refractivity contribution is 5.96. The normalized spacial score (nSPS) is 12.0. The molecule has 0 saturated heterocycles. The zero-order chi connectivity index (χ0) is 18.7. The van der Waals surface area contributed by atoms with E-state index in [0.717, 1.165) is 5.56 Å². The minimum Gasteiger partial charge on any atom is -0.497 e. The van der Waals surface area contributed by atoms with E-state index in [9.17, 15) is 15.2 Å². The van der Waals surface area contributed by atoms with Gasteiger partial charge in [0.2, 0.25) is 0 Å². The second kappa shape index (κ2) is 7.37. The first kappa shape index (κ1) is 17.6. The topological polar surface area (TPSA) is 97.5 Å². The van der Waals surface area contributed by atoms with Crippen molar-refractivity contribution in [3.8, 4) is 5.75 Å². The highest BCUT2D eigenvalue weighted by atomic mass is 16.6. The van der Waals surface area contributed by atoms with Crippen LogP contribution in [0.4, 0.5) is 11.4 Å². The van der Waals surface area contributed by atoms with E-state index >= 15 is 0 Å². The van der Waals surface area contributed by atoms with E-state index in [0.29, 0.717) is 28.0 Å². The highest BCUT2D eigenvalue weighted by Crippen LogP contribution is 2.30. The summed E-state index contributed by atoms with van der Waals surface area (Å²) in [5.41, 5.74) is 2.36. The number of fused-ring (bicyclic) bond motifs is 1. The number of rotatable bonds is 6. The van der Waals surface area contributed by atoms with Crippen molar-refractivity contribution in [2.24, 2.45) is 0 Å². The van der Waals surface area contributed by atoms with Crippen LogP contribution < -0.4 is 10.1 Å². The molecular formula is C19H19N3O4. The van der Waals surface area contributed by atoms with Crippen molar-refractivity contribution < 1.29 is 14.8 Å². The van der Waals surface area contributed by atoms with Crippen molar-refractivity contribution in [3.05, 3.63) is 69.9 Å². The quantitative estimate of drug-likeness (QED) is 0.519. The molecule has 1 atom stereocenters. The summed E-state index contributed by atoms with van der Waals surface area (Å²) in [6.45, 7) is 2.02. The number of nitrogens with zero attached hydrogens (tertiary/aromatic N) is 2. The number of aryl methyl sites for hydroxylation is 1. The van der Waals surface area contributed by atoms with Crippen LogP contribution in [-0.4, -0.2) is 28.7 Å². The van der Waals surface area contributed by atoms with Gasteiger partial charge in [0.1, 0.15) is 5.75 Å². The number of nitro benzene ring substituents is 1. The summed E-state index contributed by atoms with van der Waals surface area (Å²) >= 11 is 0. The minimum atomic E-state index is -0.757. The number of aromatic nitrogens is 1. The number of non-ortho nitro benzene ring substituents is 1. The second-order valence-corrected chi connectivity index (χ2v) is 5.91. The zero-order valence-corrected chi connectivity index (χ0v) is 14.5. The van der Waals surface area contributed by atoms with Crippen LogP contribution in [0.5, 0.6) is 5.75 Å². The Morgan fingerprint density at radius 3 is 2.77 bits per heavy atom. The number of hydrogen-bond acceptors (Lipinski definition) is 6. The Labute approximate surface area is 150 Å². The molecule has 0 radical (unpaired) electrons. The van der Waals surface area contributed by atoms with Gasteiger partial charge in [0.25, 0.3) is 5.69 Å². The van der Waals surface area contributed by atoms with Crippen molar-refractivity contribution in [2.45, 2.75) is 13.0 Å². The fourth-order valence-electron chi connectivity index (χ4n) is 2.83. The summed E-state index contributed by atoms with van der Waals surface area (Å²) in [6, 6.07) is 13.8. The van der Waals surface area contributed by atoms with Crippen molar-refractivity contribution >= 4 is 22.3 Å². The molecular weight excluding hydrogens is 334 g/mol. The number of aliphatic hydroxyl groups is 1. The molecule has 0 bridgehead atoms. The van der Waals surface area contributed by atoms with E-state index in [1.165, 1.54) is 6.07 Å². The molecule has 7 heteroatoms. The molecule has 7 nitrogen and oxygen atoms in total. The molecule has 1 aromatic heterocycles. The molecule has 0 saturated carbocycles. The molecule has 1 unspecified atom stereocenters. The number of methoxy groups -OCH3 is 1. The Morgan fingerprint density at radius 2 is 2.04 bits per heavy atom. The number of nitrogens with one attached hydrogen (secondary N) is 1. The number of ether oxygens (including phenoxy) is 1. The van der Waals surface area contributed by atoms with Crippen LogP contribution in [0.25, 0.3) is 10.9 Å². The maximum atomic E-state index is 11.2. The van der Waals surface area contributed by atoms with Crippen LogP contribution in [0.1, 0.15) is 17.4 Å². The SMILES string of the molecule is COc1cccc(C(O)CNc2cc(C)nc3c([N+](=O)[O-])cccc23)c1. The number of benzene rings is 2. The van der Waals surface area contributed by atoms with E-state index in [1.807, 2.05) is 24.3 Å². The van der Waals surface area contributed by atoms with Crippen LogP contribution >= 0.6 is 0 Å². The summed E-state index contributed by atoms with van der Waals surface area (Å²) in [4.78, 5) is 15.1. The number of para-hydroxylation sites is 1. The summed E-state index contributed by atoms with van der Waals surface area (Å²) in [5.74, 6) is 0.669. The minimum absolute atomic E-state index is 0.0393. The van der Waals surface area contributed by atoms with Crippen molar-refractivity contribution in [2.75, 3.05) is 19.0 Å². The van der Waals surface area contributed by atoms with Gasteiger partial charge in [0.05, 0.1) is 18.1 Å². The van der Waals surface area contributed by atoms with Gasteiger partial charge in [-0.2, -0.15) is 0 Å². The lowest BCUT2D eigenvalue weighted by Crippen LogP contribution is -2.13. The highest BCUT2D eigenvalue weighted by Gasteiger charge is 2.16. The Kier molecular flexibility index (Phi) is 4.99. The van der Waals surface area contributed by atoms with E-state index in [2.05, 4.69) is 10.3 Å². The van der Waals surface area contributed by atoms with Crippen LogP contribution in [0, 0.1) is 17.0 Å². The molecule has 0 aliphatic rings. The fourth-order valence-corrected chi connectivity index (χ4v) is 2.83. The van der Waals surface area contributed by atoms with Gasteiger partial charge in [-0.3, -0.25) is 10.1 Å². The first-order valence-corrected chi connectivity index (χ1v) is 8.10. The first-order valence-electron chi connectivity index (χ1n) is 8.10. The summed E-state index contributed by atoms with van der Waals surface area (Å²) < 4.78 is 5.17. The third-order valence-corrected chi connectivity index (χ3v) is 4.11. The van der Waals surface area contributed by atoms with Crippen LogP contribution in [0.2, 0.25) is 0 Å². The number of pyridine rings is 1. The van der Waals surface area contributed by atoms with Gasteiger partial charge in [-0.25, -0.2) is 4.98 Å². The summed E-state index contributed by atoms with van der Waals surface area (Å²) in [5, 5.41) is 25.5. The van der Waals surface area contributed by atoms with Gasteiger partial charge >= 0.3 is 0 Å². The lowest BCUT2D eigenvalue weighted by molar-refractivity contribution is -0.383. The summed E-state index contributed by atoms with van der Waals surface area (Å²) in [6.07, 6.45) is -0.757. The Bertz CT molecular complexity index is 959. The molecule has 3 rings (SSSR count). The zero-order valence-electron chi connectivity index (χ0n) is 14.5. The van der Waals surface area contributed by atoms with Gasteiger partial charge in [-0.15, -0.1) is 0 Å². The molecule has 0 fully saturated rings. The maximum Gasteiger partial charge on any atom is 0.295 e. The van der Waals surface area contributed by atoms with Gasteiger partial charge in [0.15, 0.2) is 5.52 Å². The van der Waals surface area contributed by atoms with Gasteiger partial charge in [-0.05, 0) is 30.7 Å². The number of hydrogen-bond donors (Lipinski definition) is 2. The molecule has 0 aliphatic heterocycles.